The van der Waals surface area contributed by atoms with Crippen molar-refractivity contribution in [3.63, 3.8) is 0 Å². The number of amides is 2. The van der Waals surface area contributed by atoms with Crippen LogP contribution < -0.4 is 5.32 Å². The number of nitrogens with one attached hydrogen (secondary N) is 1. The van der Waals surface area contributed by atoms with E-state index in [-0.39, 0.29) is 17.9 Å². The topological polar surface area (TPSA) is 49.4 Å². The van der Waals surface area contributed by atoms with Crippen LogP contribution in [0.3, 0.4) is 0 Å². The SMILES string of the molecule is C=CCN1C(=O)C2(CCCCC2)NC(=O)C1CC. The van der Waals surface area contributed by atoms with E-state index in [1.807, 2.05) is 6.92 Å². The van der Waals surface area contributed by atoms with E-state index in [0.717, 1.165) is 32.1 Å². The lowest BCUT2D eigenvalue weighted by molar-refractivity contribution is -0.156. The summed E-state index contributed by atoms with van der Waals surface area (Å²) in [6.45, 7) is 6.09. The van der Waals surface area contributed by atoms with Crippen LogP contribution in [0.15, 0.2) is 12.7 Å². The number of nitrogens with zero attached hydrogens (tertiary/aromatic N) is 1. The van der Waals surface area contributed by atoms with E-state index in [2.05, 4.69) is 11.9 Å². The van der Waals surface area contributed by atoms with Gasteiger partial charge in [0.1, 0.15) is 11.6 Å². The molecule has 100 valence electrons. The van der Waals surface area contributed by atoms with E-state index in [4.69, 9.17) is 0 Å². The fourth-order valence-electron chi connectivity index (χ4n) is 3.18. The molecule has 2 rings (SSSR count). The van der Waals surface area contributed by atoms with Crippen molar-refractivity contribution in [1.82, 2.24) is 10.2 Å². The first-order chi connectivity index (χ1) is 8.64. The van der Waals surface area contributed by atoms with Crippen molar-refractivity contribution in [1.29, 1.82) is 0 Å². The maximum absolute atomic E-state index is 12.7. The highest BCUT2D eigenvalue weighted by atomic mass is 16.2. The van der Waals surface area contributed by atoms with Crippen molar-refractivity contribution >= 4 is 11.8 Å². The largest absolute Gasteiger partial charge is 0.340 e. The number of carbonyl (C=O) groups excluding carboxylic acids is 2. The Balaban J connectivity index is 2.27. The molecule has 0 aromatic carbocycles. The summed E-state index contributed by atoms with van der Waals surface area (Å²) < 4.78 is 0. The lowest BCUT2D eigenvalue weighted by Crippen LogP contribution is -2.70. The fraction of sp³-hybridized carbons (Fsp3) is 0.714. The quantitative estimate of drug-likeness (QED) is 0.774. The van der Waals surface area contributed by atoms with Gasteiger partial charge in [0.05, 0.1) is 0 Å². The molecule has 1 spiro atoms. The minimum atomic E-state index is -0.621. The molecule has 0 aromatic rings. The summed E-state index contributed by atoms with van der Waals surface area (Å²) in [5.41, 5.74) is -0.621. The summed E-state index contributed by atoms with van der Waals surface area (Å²) in [4.78, 5) is 26.6. The summed E-state index contributed by atoms with van der Waals surface area (Å²) in [6.07, 6.45) is 7.11. The minimum absolute atomic E-state index is 0.000787. The Morgan fingerprint density at radius 3 is 2.61 bits per heavy atom. The molecule has 0 aromatic heterocycles. The molecule has 1 atom stereocenters. The molecule has 1 N–H and O–H groups in total. The second kappa shape index (κ2) is 5.12. The van der Waals surface area contributed by atoms with Crippen LogP contribution in [0.25, 0.3) is 0 Å². The first-order valence-electron chi connectivity index (χ1n) is 6.88. The lowest BCUT2D eigenvalue weighted by atomic mass is 9.78. The van der Waals surface area contributed by atoms with Crippen LogP contribution in [0.4, 0.5) is 0 Å². The standard InChI is InChI=1S/C14H22N2O2/c1-3-10-16-11(4-2)12(17)15-14(13(16)18)8-6-5-7-9-14/h3,11H,1,4-10H2,2H3,(H,15,17). The number of rotatable bonds is 3. The molecule has 18 heavy (non-hydrogen) atoms. The molecular formula is C14H22N2O2. The van der Waals surface area contributed by atoms with Crippen LogP contribution in [0.1, 0.15) is 45.4 Å². The molecule has 1 unspecified atom stereocenters. The van der Waals surface area contributed by atoms with E-state index in [1.54, 1.807) is 11.0 Å². The van der Waals surface area contributed by atoms with Gasteiger partial charge in [0, 0.05) is 6.54 Å². The summed E-state index contributed by atoms with van der Waals surface area (Å²) in [5.74, 6) is 0.0920. The Kier molecular flexibility index (Phi) is 3.73. The van der Waals surface area contributed by atoms with Gasteiger partial charge in [0.25, 0.3) is 0 Å². The molecule has 1 saturated heterocycles. The van der Waals surface area contributed by atoms with Gasteiger partial charge in [-0.05, 0) is 19.3 Å². The first kappa shape index (κ1) is 13.1. The molecule has 2 amide bonds. The van der Waals surface area contributed by atoms with Crippen LogP contribution in [0, 0.1) is 0 Å². The second-order valence-corrected chi connectivity index (χ2v) is 5.30. The van der Waals surface area contributed by atoms with E-state index < -0.39 is 5.54 Å². The number of carbonyl (C=O) groups is 2. The minimum Gasteiger partial charge on any atom is -0.340 e. The summed E-state index contributed by atoms with van der Waals surface area (Å²) in [5, 5.41) is 3.01. The summed E-state index contributed by atoms with van der Waals surface area (Å²) >= 11 is 0. The van der Waals surface area contributed by atoms with Crippen molar-refractivity contribution in [2.75, 3.05) is 6.54 Å². The molecule has 4 nitrogen and oxygen atoms in total. The van der Waals surface area contributed by atoms with Crippen molar-refractivity contribution < 1.29 is 9.59 Å². The van der Waals surface area contributed by atoms with Gasteiger partial charge in [-0.3, -0.25) is 9.59 Å². The molecule has 2 fully saturated rings. The first-order valence-corrected chi connectivity index (χ1v) is 6.88. The number of piperazine rings is 1. The van der Waals surface area contributed by atoms with Crippen molar-refractivity contribution in [2.45, 2.75) is 57.0 Å². The zero-order valence-corrected chi connectivity index (χ0v) is 11.1. The van der Waals surface area contributed by atoms with Crippen LogP contribution in [0.5, 0.6) is 0 Å². The zero-order chi connectivity index (χ0) is 13.2. The maximum atomic E-state index is 12.7. The molecule has 0 radical (unpaired) electrons. The Morgan fingerprint density at radius 2 is 2.06 bits per heavy atom. The molecule has 1 heterocycles. The van der Waals surface area contributed by atoms with Gasteiger partial charge in [0.15, 0.2) is 0 Å². The Morgan fingerprint density at radius 1 is 1.39 bits per heavy atom. The predicted molar refractivity (Wildman–Crippen MR) is 69.9 cm³/mol. The normalized spacial score (nSPS) is 27.2. The van der Waals surface area contributed by atoms with Gasteiger partial charge in [-0.2, -0.15) is 0 Å². The summed E-state index contributed by atoms with van der Waals surface area (Å²) in [6, 6.07) is -0.331. The van der Waals surface area contributed by atoms with Crippen LogP contribution in [-0.2, 0) is 9.59 Å². The van der Waals surface area contributed by atoms with E-state index in [1.165, 1.54) is 0 Å². The number of hydrogen-bond donors (Lipinski definition) is 1. The third kappa shape index (κ3) is 2.04. The second-order valence-electron chi connectivity index (χ2n) is 5.30. The number of hydrogen-bond acceptors (Lipinski definition) is 2. The molecule has 0 bridgehead atoms. The molecule has 1 aliphatic heterocycles. The average Bonchev–Trinajstić information content (AvgIpc) is 2.37. The van der Waals surface area contributed by atoms with Crippen molar-refractivity contribution in [3.8, 4) is 0 Å². The average molecular weight is 250 g/mol. The highest BCUT2D eigenvalue weighted by Crippen LogP contribution is 2.33. The lowest BCUT2D eigenvalue weighted by Gasteiger charge is -2.47. The smallest absolute Gasteiger partial charge is 0.249 e. The van der Waals surface area contributed by atoms with E-state index >= 15 is 0 Å². The highest BCUT2D eigenvalue weighted by Gasteiger charge is 2.50. The highest BCUT2D eigenvalue weighted by molar-refractivity contribution is 6.00. The van der Waals surface area contributed by atoms with E-state index in [9.17, 15) is 9.59 Å². The van der Waals surface area contributed by atoms with Crippen LogP contribution in [-0.4, -0.2) is 34.8 Å². The van der Waals surface area contributed by atoms with Crippen molar-refractivity contribution in [2.24, 2.45) is 0 Å². The molecule has 2 aliphatic rings. The Labute approximate surface area is 108 Å². The van der Waals surface area contributed by atoms with Crippen LogP contribution in [0.2, 0.25) is 0 Å². The van der Waals surface area contributed by atoms with Gasteiger partial charge < -0.3 is 10.2 Å². The molecule has 1 aliphatic carbocycles. The third-order valence-corrected chi connectivity index (χ3v) is 4.13. The van der Waals surface area contributed by atoms with E-state index in [0.29, 0.717) is 13.0 Å². The zero-order valence-electron chi connectivity index (χ0n) is 11.1. The molecule has 4 heteroatoms. The maximum Gasteiger partial charge on any atom is 0.249 e. The summed E-state index contributed by atoms with van der Waals surface area (Å²) in [7, 11) is 0. The van der Waals surface area contributed by atoms with Crippen molar-refractivity contribution in [3.05, 3.63) is 12.7 Å². The van der Waals surface area contributed by atoms with Gasteiger partial charge in [-0.15, -0.1) is 6.58 Å². The monoisotopic (exact) mass is 250 g/mol. The van der Waals surface area contributed by atoms with Gasteiger partial charge >= 0.3 is 0 Å². The van der Waals surface area contributed by atoms with Crippen LogP contribution >= 0.6 is 0 Å². The molecular weight excluding hydrogens is 228 g/mol. The third-order valence-electron chi connectivity index (χ3n) is 4.13. The molecule has 1 saturated carbocycles. The Bertz CT molecular complexity index is 359. The van der Waals surface area contributed by atoms with Gasteiger partial charge in [-0.1, -0.05) is 32.3 Å². The van der Waals surface area contributed by atoms with Gasteiger partial charge in [-0.25, -0.2) is 0 Å². The predicted octanol–water partition coefficient (Wildman–Crippen LogP) is 1.61. The van der Waals surface area contributed by atoms with Gasteiger partial charge in [0.2, 0.25) is 11.8 Å². The fourth-order valence-corrected chi connectivity index (χ4v) is 3.18. The Hall–Kier alpha value is -1.32.